The molecule has 124 valence electrons. The lowest BCUT2D eigenvalue weighted by Gasteiger charge is -2.19. The fourth-order valence-corrected chi connectivity index (χ4v) is 2.54. The van der Waals surface area contributed by atoms with Crippen molar-refractivity contribution in [3.8, 4) is 0 Å². The number of likely N-dealkylation sites (N-methyl/N-ethyl adjacent to an activating group) is 1. The number of alkyl halides is 3. The smallest absolute Gasteiger partial charge is 0.298 e. The molecule has 0 aliphatic rings. The largest absolute Gasteiger partial charge is 0.416 e. The molecule has 0 atom stereocenters. The lowest BCUT2D eigenvalue weighted by Crippen LogP contribution is -2.21. The lowest BCUT2D eigenvalue weighted by molar-refractivity contribution is -0.137. The predicted octanol–water partition coefficient (Wildman–Crippen LogP) is 4.43. The summed E-state index contributed by atoms with van der Waals surface area (Å²) in [5.41, 5.74) is 2.35. The minimum atomic E-state index is -4.30. The molecule has 0 fully saturated rings. The molecule has 24 heavy (non-hydrogen) atoms. The molecule has 0 spiro atoms. The Bertz CT molecular complexity index is 663. The molecule has 5 heteroatoms. The maximum Gasteiger partial charge on any atom is 0.416 e. The highest BCUT2D eigenvalue weighted by atomic mass is 19.4. The summed E-state index contributed by atoms with van der Waals surface area (Å²) in [7, 11) is 7.68. The Morgan fingerprint density at radius 2 is 1.62 bits per heavy atom. The summed E-state index contributed by atoms with van der Waals surface area (Å²) in [5.74, 6) is 1.54. The van der Waals surface area contributed by atoms with Crippen molar-refractivity contribution in [2.24, 2.45) is 0 Å². The van der Waals surface area contributed by atoms with E-state index < -0.39 is 11.7 Å². The standard InChI is InChI=1S/C19H19BF3N/c1-24(13-16-5-3-2-4-6-16)14-17(12-20)11-15-7-9-18(10-8-15)19(21,22)23/h2-10,12H,11,13-14H2,1H3/b17-12-. The fraction of sp³-hybridized carbons (Fsp3) is 0.263. The van der Waals surface area contributed by atoms with Crippen LogP contribution in [-0.2, 0) is 19.1 Å². The Labute approximate surface area is 142 Å². The van der Waals surface area contributed by atoms with Gasteiger partial charge >= 0.3 is 6.18 Å². The summed E-state index contributed by atoms with van der Waals surface area (Å²) < 4.78 is 37.8. The van der Waals surface area contributed by atoms with Crippen LogP contribution in [0.25, 0.3) is 0 Å². The number of halogens is 3. The molecule has 0 heterocycles. The average Bonchev–Trinajstić information content (AvgIpc) is 2.54. The van der Waals surface area contributed by atoms with Crippen LogP contribution >= 0.6 is 0 Å². The quantitative estimate of drug-likeness (QED) is 0.709. The second-order valence-corrected chi connectivity index (χ2v) is 5.85. The topological polar surface area (TPSA) is 3.24 Å². The van der Waals surface area contributed by atoms with Crippen LogP contribution in [0.1, 0.15) is 16.7 Å². The molecule has 0 saturated carbocycles. The zero-order valence-corrected chi connectivity index (χ0v) is 13.6. The molecular formula is C19H19BF3N. The molecule has 0 aliphatic heterocycles. The Balaban J connectivity index is 1.94. The van der Waals surface area contributed by atoms with Gasteiger partial charge in [-0.3, -0.25) is 4.90 Å². The van der Waals surface area contributed by atoms with Crippen molar-refractivity contribution in [2.45, 2.75) is 19.1 Å². The Kier molecular flexibility index (Phi) is 6.26. The number of hydrogen-bond donors (Lipinski definition) is 0. The van der Waals surface area contributed by atoms with Gasteiger partial charge in [0.2, 0.25) is 0 Å². The summed E-state index contributed by atoms with van der Waals surface area (Å²) in [4.78, 5) is 2.12. The van der Waals surface area contributed by atoms with E-state index in [0.29, 0.717) is 13.0 Å². The fourth-order valence-electron chi connectivity index (χ4n) is 2.54. The third-order valence-corrected chi connectivity index (χ3v) is 3.72. The van der Waals surface area contributed by atoms with Crippen LogP contribution in [0.2, 0.25) is 0 Å². The molecule has 0 N–H and O–H groups in total. The van der Waals surface area contributed by atoms with Gasteiger partial charge in [0.05, 0.1) is 5.56 Å². The number of nitrogens with zero attached hydrogens (tertiary/aromatic N) is 1. The van der Waals surface area contributed by atoms with Gasteiger partial charge in [-0.05, 0) is 36.7 Å². The molecule has 0 unspecified atom stereocenters. The van der Waals surface area contributed by atoms with Crippen LogP contribution in [0.15, 0.2) is 66.1 Å². The van der Waals surface area contributed by atoms with E-state index in [0.717, 1.165) is 29.8 Å². The van der Waals surface area contributed by atoms with Gasteiger partial charge < -0.3 is 0 Å². The molecule has 0 bridgehead atoms. The molecule has 0 aromatic heterocycles. The molecule has 2 radical (unpaired) electrons. The maximum absolute atomic E-state index is 12.6. The van der Waals surface area contributed by atoms with Crippen molar-refractivity contribution < 1.29 is 13.2 Å². The SMILES string of the molecule is [B]/C=C(/Cc1ccc(C(F)(F)F)cc1)CN(C)Cc1ccccc1. The summed E-state index contributed by atoms with van der Waals surface area (Å²) in [6, 6.07) is 15.3. The Morgan fingerprint density at radius 1 is 1.00 bits per heavy atom. The second kappa shape index (κ2) is 8.20. The molecule has 0 amide bonds. The molecule has 1 nitrogen and oxygen atoms in total. The van der Waals surface area contributed by atoms with Crippen LogP contribution in [0.4, 0.5) is 13.2 Å². The van der Waals surface area contributed by atoms with Crippen LogP contribution in [0.5, 0.6) is 0 Å². The van der Waals surface area contributed by atoms with E-state index in [1.54, 1.807) is 5.98 Å². The van der Waals surface area contributed by atoms with Crippen LogP contribution in [0, 0.1) is 0 Å². The first-order valence-corrected chi connectivity index (χ1v) is 7.66. The van der Waals surface area contributed by atoms with Gasteiger partial charge in [-0.15, -0.1) is 5.98 Å². The zero-order valence-electron chi connectivity index (χ0n) is 13.6. The lowest BCUT2D eigenvalue weighted by atomic mass is 9.97. The number of benzene rings is 2. The maximum atomic E-state index is 12.6. The summed E-state index contributed by atoms with van der Waals surface area (Å²) >= 11 is 0. The van der Waals surface area contributed by atoms with Gasteiger partial charge in [0, 0.05) is 13.1 Å². The predicted molar refractivity (Wildman–Crippen MR) is 91.8 cm³/mol. The normalized spacial score (nSPS) is 12.6. The van der Waals surface area contributed by atoms with Gasteiger partial charge in [0.25, 0.3) is 0 Å². The van der Waals surface area contributed by atoms with Gasteiger partial charge in [-0.2, -0.15) is 13.2 Å². The van der Waals surface area contributed by atoms with Crippen LogP contribution < -0.4 is 0 Å². The summed E-state index contributed by atoms with van der Waals surface area (Å²) in [5, 5.41) is 0. The first-order chi connectivity index (χ1) is 11.4. The van der Waals surface area contributed by atoms with E-state index in [-0.39, 0.29) is 0 Å². The highest BCUT2D eigenvalue weighted by molar-refractivity contribution is 6.17. The molecular weight excluding hydrogens is 310 g/mol. The summed E-state index contributed by atoms with van der Waals surface area (Å²) in [6.45, 7) is 1.44. The number of rotatable bonds is 6. The monoisotopic (exact) mass is 329 g/mol. The van der Waals surface area contributed by atoms with Crippen molar-refractivity contribution in [1.82, 2.24) is 4.90 Å². The second-order valence-electron chi connectivity index (χ2n) is 5.85. The highest BCUT2D eigenvalue weighted by Gasteiger charge is 2.29. The number of hydrogen-bond acceptors (Lipinski definition) is 1. The third-order valence-electron chi connectivity index (χ3n) is 3.72. The van der Waals surface area contributed by atoms with Crippen molar-refractivity contribution in [3.05, 3.63) is 82.8 Å². The van der Waals surface area contributed by atoms with E-state index in [1.165, 1.54) is 17.7 Å². The first-order valence-electron chi connectivity index (χ1n) is 7.66. The van der Waals surface area contributed by atoms with Gasteiger partial charge in [-0.1, -0.05) is 48.0 Å². The van der Waals surface area contributed by atoms with Crippen LogP contribution in [0.3, 0.4) is 0 Å². The minimum absolute atomic E-state index is 0.535. The molecule has 2 rings (SSSR count). The van der Waals surface area contributed by atoms with E-state index >= 15 is 0 Å². The van der Waals surface area contributed by atoms with Crippen LogP contribution in [-0.4, -0.2) is 26.3 Å². The van der Waals surface area contributed by atoms with Crippen molar-refractivity contribution >= 4 is 7.85 Å². The first kappa shape index (κ1) is 18.3. The minimum Gasteiger partial charge on any atom is -0.298 e. The van der Waals surface area contributed by atoms with E-state index in [4.69, 9.17) is 7.85 Å². The Morgan fingerprint density at radius 3 is 2.17 bits per heavy atom. The Hall–Kier alpha value is -2.01. The van der Waals surface area contributed by atoms with Crippen molar-refractivity contribution in [3.63, 3.8) is 0 Å². The van der Waals surface area contributed by atoms with Crippen molar-refractivity contribution in [2.75, 3.05) is 13.6 Å². The van der Waals surface area contributed by atoms with Gasteiger partial charge in [-0.25, -0.2) is 0 Å². The third kappa shape index (κ3) is 5.57. The molecule has 2 aromatic carbocycles. The molecule has 0 saturated heterocycles. The van der Waals surface area contributed by atoms with E-state index in [2.05, 4.69) is 17.0 Å². The molecule has 2 aromatic rings. The average molecular weight is 329 g/mol. The highest BCUT2D eigenvalue weighted by Crippen LogP contribution is 2.29. The molecule has 0 aliphatic carbocycles. The van der Waals surface area contributed by atoms with E-state index in [9.17, 15) is 13.2 Å². The van der Waals surface area contributed by atoms with E-state index in [1.807, 2.05) is 25.2 Å². The zero-order chi connectivity index (χ0) is 17.6. The van der Waals surface area contributed by atoms with Gasteiger partial charge in [0.1, 0.15) is 7.85 Å². The van der Waals surface area contributed by atoms with Crippen molar-refractivity contribution in [1.29, 1.82) is 0 Å². The summed E-state index contributed by atoms with van der Waals surface area (Å²) in [6.07, 6.45) is -3.77. The van der Waals surface area contributed by atoms with Gasteiger partial charge in [0.15, 0.2) is 0 Å².